The lowest BCUT2D eigenvalue weighted by molar-refractivity contribution is 0.101. The highest BCUT2D eigenvalue weighted by Crippen LogP contribution is 2.26. The van der Waals surface area contributed by atoms with Crippen molar-refractivity contribution in [1.29, 1.82) is 0 Å². The van der Waals surface area contributed by atoms with Crippen molar-refractivity contribution in [3.05, 3.63) is 83.9 Å². The first-order valence-corrected chi connectivity index (χ1v) is 11.4. The second-order valence-corrected chi connectivity index (χ2v) is 9.29. The summed E-state index contributed by atoms with van der Waals surface area (Å²) in [5.41, 5.74) is 1.84. The molecular formula is C21H15F2N3O3S2. The molecule has 4 rings (SSSR count). The van der Waals surface area contributed by atoms with Crippen LogP contribution >= 0.6 is 11.3 Å². The molecule has 0 saturated heterocycles. The molecular weight excluding hydrogens is 444 g/mol. The Hall–Kier alpha value is -3.37. The van der Waals surface area contributed by atoms with Crippen LogP contribution in [-0.4, -0.2) is 29.9 Å². The summed E-state index contributed by atoms with van der Waals surface area (Å²) in [5.74, 6) is -3.99. The Morgan fingerprint density at radius 1 is 1.00 bits per heavy atom. The lowest BCUT2D eigenvalue weighted by Crippen LogP contribution is -2.17. The molecule has 0 saturated carbocycles. The lowest BCUT2D eigenvalue weighted by Gasteiger charge is -2.09. The Morgan fingerprint density at radius 3 is 2.32 bits per heavy atom. The molecule has 0 atom stereocenters. The minimum absolute atomic E-state index is 0.261. The molecule has 6 nitrogen and oxygen atoms in total. The van der Waals surface area contributed by atoms with Crippen LogP contribution in [0.5, 0.6) is 0 Å². The van der Waals surface area contributed by atoms with Gasteiger partial charge < -0.3 is 5.32 Å². The SMILES string of the molecule is O=C(Nc1ccc(S(=O)(=O)C(F)F)cc1)c1cc(-c2cccs2)nn1-c1ccccc1. The van der Waals surface area contributed by atoms with Crippen LogP contribution in [0.1, 0.15) is 10.5 Å². The Balaban J connectivity index is 1.65. The number of hydrogen-bond acceptors (Lipinski definition) is 5. The van der Waals surface area contributed by atoms with Gasteiger partial charge in [0.05, 0.1) is 15.5 Å². The van der Waals surface area contributed by atoms with Gasteiger partial charge in [-0.25, -0.2) is 13.1 Å². The molecule has 1 N–H and O–H groups in total. The van der Waals surface area contributed by atoms with E-state index in [1.54, 1.807) is 6.07 Å². The van der Waals surface area contributed by atoms with E-state index in [-0.39, 0.29) is 11.4 Å². The Morgan fingerprint density at radius 2 is 1.71 bits per heavy atom. The summed E-state index contributed by atoms with van der Waals surface area (Å²) >= 11 is 1.49. The van der Waals surface area contributed by atoms with Gasteiger partial charge in [0.2, 0.25) is 9.84 Å². The minimum Gasteiger partial charge on any atom is -0.321 e. The van der Waals surface area contributed by atoms with Crippen molar-refractivity contribution in [3.8, 4) is 16.3 Å². The summed E-state index contributed by atoms with van der Waals surface area (Å²) < 4.78 is 50.0. The first kappa shape index (κ1) is 20.9. The highest BCUT2D eigenvalue weighted by Gasteiger charge is 2.26. The molecule has 0 unspecified atom stereocenters. The number of anilines is 1. The predicted octanol–water partition coefficient (Wildman–Crippen LogP) is 4.85. The molecule has 0 aliphatic rings. The molecule has 2 aromatic heterocycles. The van der Waals surface area contributed by atoms with Gasteiger partial charge >= 0.3 is 5.76 Å². The fourth-order valence-electron chi connectivity index (χ4n) is 2.88. The van der Waals surface area contributed by atoms with Crippen LogP contribution in [0.25, 0.3) is 16.3 Å². The van der Waals surface area contributed by atoms with Gasteiger partial charge in [-0.2, -0.15) is 13.9 Å². The van der Waals surface area contributed by atoms with Crippen LogP contribution in [0, 0.1) is 0 Å². The zero-order valence-corrected chi connectivity index (χ0v) is 17.4. The summed E-state index contributed by atoms with van der Waals surface area (Å²) in [4.78, 5) is 13.3. The van der Waals surface area contributed by atoms with E-state index in [1.807, 2.05) is 47.8 Å². The largest absolute Gasteiger partial charge is 0.341 e. The third-order valence-corrected chi connectivity index (χ3v) is 6.68. The molecule has 0 radical (unpaired) electrons. The quantitative estimate of drug-likeness (QED) is 0.447. The van der Waals surface area contributed by atoms with Gasteiger partial charge in [0.15, 0.2) is 0 Å². The first-order valence-electron chi connectivity index (χ1n) is 8.99. The number of carbonyl (C=O) groups is 1. The third kappa shape index (κ3) is 4.25. The average Bonchev–Trinajstić information content (AvgIpc) is 3.45. The second-order valence-electron chi connectivity index (χ2n) is 6.42. The van der Waals surface area contributed by atoms with Crippen LogP contribution in [0.3, 0.4) is 0 Å². The van der Waals surface area contributed by atoms with Crippen LogP contribution in [0.4, 0.5) is 14.5 Å². The predicted molar refractivity (Wildman–Crippen MR) is 114 cm³/mol. The number of benzene rings is 2. The molecule has 31 heavy (non-hydrogen) atoms. The van der Waals surface area contributed by atoms with Gasteiger partial charge in [-0.05, 0) is 53.9 Å². The summed E-state index contributed by atoms with van der Waals surface area (Å²) in [7, 11) is -4.70. The van der Waals surface area contributed by atoms with Crippen molar-refractivity contribution in [2.24, 2.45) is 0 Å². The van der Waals surface area contributed by atoms with Crippen molar-refractivity contribution >= 4 is 32.8 Å². The summed E-state index contributed by atoms with van der Waals surface area (Å²) in [6.07, 6.45) is 0. The maximum absolute atomic E-state index is 13.0. The smallest absolute Gasteiger partial charge is 0.321 e. The molecule has 1 amide bonds. The number of nitrogens with zero attached hydrogens (tertiary/aromatic N) is 2. The number of aromatic nitrogens is 2. The number of hydrogen-bond donors (Lipinski definition) is 1. The summed E-state index contributed by atoms with van der Waals surface area (Å²) in [6.45, 7) is 0. The zero-order chi connectivity index (χ0) is 22.0. The number of amides is 1. The Bertz CT molecular complexity index is 1300. The zero-order valence-electron chi connectivity index (χ0n) is 15.8. The van der Waals surface area contributed by atoms with E-state index in [1.165, 1.54) is 28.2 Å². The number of sulfone groups is 1. The molecule has 0 fully saturated rings. The maximum Gasteiger partial charge on any atom is 0.341 e. The van der Waals surface area contributed by atoms with E-state index < -0.39 is 26.4 Å². The van der Waals surface area contributed by atoms with Crippen molar-refractivity contribution in [2.45, 2.75) is 10.7 Å². The van der Waals surface area contributed by atoms with E-state index >= 15 is 0 Å². The number of rotatable bonds is 6. The fourth-order valence-corrected chi connectivity index (χ4v) is 4.28. The van der Waals surface area contributed by atoms with Gasteiger partial charge in [0.25, 0.3) is 5.91 Å². The number of carbonyl (C=O) groups excluding carboxylic acids is 1. The number of alkyl halides is 2. The van der Waals surface area contributed by atoms with Crippen molar-refractivity contribution in [2.75, 3.05) is 5.32 Å². The molecule has 0 aliphatic carbocycles. The topological polar surface area (TPSA) is 81.1 Å². The monoisotopic (exact) mass is 459 g/mol. The second kappa shape index (κ2) is 8.40. The average molecular weight is 459 g/mol. The molecule has 2 aromatic carbocycles. The van der Waals surface area contributed by atoms with Gasteiger partial charge in [-0.15, -0.1) is 11.3 Å². The molecule has 158 valence electrons. The Labute approximate surface area is 180 Å². The van der Waals surface area contributed by atoms with Crippen molar-refractivity contribution in [3.63, 3.8) is 0 Å². The van der Waals surface area contributed by atoms with Crippen molar-refractivity contribution < 1.29 is 22.0 Å². The summed E-state index contributed by atoms with van der Waals surface area (Å²) in [5, 5.41) is 9.12. The minimum atomic E-state index is -4.70. The third-order valence-electron chi connectivity index (χ3n) is 4.39. The van der Waals surface area contributed by atoms with Gasteiger partial charge in [0.1, 0.15) is 11.4 Å². The van der Waals surface area contributed by atoms with Crippen LogP contribution in [0.2, 0.25) is 0 Å². The van der Waals surface area contributed by atoms with Gasteiger partial charge in [-0.3, -0.25) is 4.79 Å². The molecule has 2 heterocycles. The summed E-state index contributed by atoms with van der Waals surface area (Å²) in [6, 6.07) is 19.1. The number of thiophene rings is 1. The molecule has 0 aliphatic heterocycles. The van der Waals surface area contributed by atoms with Crippen molar-refractivity contribution in [1.82, 2.24) is 9.78 Å². The van der Waals surface area contributed by atoms with Gasteiger partial charge in [-0.1, -0.05) is 24.3 Å². The molecule has 4 aromatic rings. The number of halogens is 2. The van der Waals surface area contributed by atoms with Crippen LogP contribution in [0.15, 0.2) is 83.1 Å². The number of nitrogens with one attached hydrogen (secondary N) is 1. The maximum atomic E-state index is 13.0. The molecule has 0 bridgehead atoms. The standard InChI is InChI=1S/C21H15F2N3O3S2/c22-21(23)31(28,29)16-10-8-14(9-11-16)24-20(27)18-13-17(19-7-4-12-30-19)25-26(18)15-5-2-1-3-6-15/h1-13,21H,(H,24,27). The normalized spacial score (nSPS) is 11.6. The van der Waals surface area contributed by atoms with Gasteiger partial charge in [0, 0.05) is 5.69 Å². The lowest BCUT2D eigenvalue weighted by atomic mass is 10.2. The van der Waals surface area contributed by atoms with Crippen LogP contribution < -0.4 is 5.32 Å². The fraction of sp³-hybridized carbons (Fsp3) is 0.0476. The first-order chi connectivity index (χ1) is 14.9. The Kier molecular flexibility index (Phi) is 5.66. The molecule has 10 heteroatoms. The van der Waals surface area contributed by atoms with E-state index in [2.05, 4.69) is 10.4 Å². The number of para-hydroxylation sites is 1. The van der Waals surface area contributed by atoms with E-state index in [4.69, 9.17) is 0 Å². The van der Waals surface area contributed by atoms with E-state index in [0.717, 1.165) is 17.0 Å². The van der Waals surface area contributed by atoms with Crippen LogP contribution in [-0.2, 0) is 9.84 Å². The highest BCUT2D eigenvalue weighted by molar-refractivity contribution is 7.91. The highest BCUT2D eigenvalue weighted by atomic mass is 32.2. The van der Waals surface area contributed by atoms with E-state index in [9.17, 15) is 22.0 Å². The molecule has 0 spiro atoms. The van der Waals surface area contributed by atoms with E-state index in [0.29, 0.717) is 11.4 Å².